The van der Waals surface area contributed by atoms with Crippen molar-refractivity contribution in [1.82, 2.24) is 0 Å². The van der Waals surface area contributed by atoms with E-state index in [4.69, 9.17) is 9.47 Å². The molecule has 0 aliphatic rings. The number of hydrogen-bond donors (Lipinski definition) is 0. The molecule has 0 unspecified atom stereocenters. The Morgan fingerprint density at radius 2 is 1.44 bits per heavy atom. The van der Waals surface area contributed by atoms with Crippen LogP contribution in [-0.2, 0) is 4.79 Å². The third-order valence-corrected chi connectivity index (χ3v) is 3.73. The van der Waals surface area contributed by atoms with Gasteiger partial charge in [-0.3, -0.25) is 4.79 Å². The number of hydrogen-bond acceptors (Lipinski definition) is 4. The van der Waals surface area contributed by atoms with E-state index in [0.29, 0.717) is 11.5 Å². The van der Waals surface area contributed by atoms with E-state index in [1.54, 1.807) is 32.4 Å². The van der Waals surface area contributed by atoms with E-state index < -0.39 is 0 Å². The molecule has 25 heavy (non-hydrogen) atoms. The Bertz CT molecular complexity index is 752. The molecule has 0 N–H and O–H groups in total. The van der Waals surface area contributed by atoms with Gasteiger partial charge >= 0.3 is 0 Å². The number of ether oxygens (including phenoxy) is 2. The van der Waals surface area contributed by atoms with Gasteiger partial charge in [0.2, 0.25) is 0 Å². The molecule has 0 radical (unpaired) electrons. The van der Waals surface area contributed by atoms with Crippen LogP contribution in [0.15, 0.2) is 54.6 Å². The topological polar surface area (TPSA) is 38.8 Å². The number of anilines is 1. The van der Waals surface area contributed by atoms with E-state index in [1.165, 1.54) is 6.08 Å². The van der Waals surface area contributed by atoms with Gasteiger partial charge < -0.3 is 14.4 Å². The van der Waals surface area contributed by atoms with E-state index in [9.17, 15) is 4.79 Å². The molecule has 0 aromatic heterocycles. The first-order chi connectivity index (χ1) is 12.0. The summed E-state index contributed by atoms with van der Waals surface area (Å²) in [6.07, 6.45) is 6.55. The maximum atomic E-state index is 12.1. The van der Waals surface area contributed by atoms with Crippen LogP contribution in [0.1, 0.15) is 11.1 Å². The van der Waals surface area contributed by atoms with Gasteiger partial charge in [0.15, 0.2) is 5.78 Å². The van der Waals surface area contributed by atoms with Gasteiger partial charge in [0, 0.05) is 19.8 Å². The lowest BCUT2D eigenvalue weighted by Gasteiger charge is -2.11. The van der Waals surface area contributed by atoms with Crippen molar-refractivity contribution in [3.63, 3.8) is 0 Å². The Morgan fingerprint density at radius 3 is 1.96 bits per heavy atom. The van der Waals surface area contributed by atoms with Crippen molar-refractivity contribution in [2.45, 2.75) is 0 Å². The summed E-state index contributed by atoms with van der Waals surface area (Å²) in [6.45, 7) is 0. The highest BCUT2D eigenvalue weighted by Crippen LogP contribution is 2.29. The largest absolute Gasteiger partial charge is 0.496 e. The summed E-state index contributed by atoms with van der Waals surface area (Å²) in [4.78, 5) is 14.1. The molecule has 2 rings (SSSR count). The highest BCUT2D eigenvalue weighted by atomic mass is 16.5. The van der Waals surface area contributed by atoms with Crippen molar-refractivity contribution in [3.8, 4) is 11.5 Å². The van der Waals surface area contributed by atoms with Crippen LogP contribution in [0.4, 0.5) is 5.69 Å². The van der Waals surface area contributed by atoms with Gasteiger partial charge in [0.05, 0.1) is 19.8 Å². The first kappa shape index (κ1) is 18.3. The van der Waals surface area contributed by atoms with Crippen LogP contribution in [0, 0.1) is 0 Å². The second kappa shape index (κ2) is 8.73. The first-order valence-corrected chi connectivity index (χ1v) is 7.93. The van der Waals surface area contributed by atoms with Gasteiger partial charge in [0.25, 0.3) is 0 Å². The van der Waals surface area contributed by atoms with Crippen molar-refractivity contribution in [1.29, 1.82) is 0 Å². The minimum absolute atomic E-state index is 0.107. The molecule has 0 saturated heterocycles. The van der Waals surface area contributed by atoms with Crippen molar-refractivity contribution in [2.24, 2.45) is 0 Å². The fraction of sp³-hybridized carbons (Fsp3) is 0.190. The Labute approximate surface area is 149 Å². The summed E-state index contributed by atoms with van der Waals surface area (Å²) >= 11 is 0. The Balaban J connectivity index is 2.11. The first-order valence-electron chi connectivity index (χ1n) is 7.93. The molecule has 130 valence electrons. The second-order valence-electron chi connectivity index (χ2n) is 5.63. The number of carbonyl (C=O) groups excluding carboxylic acids is 1. The fourth-order valence-electron chi connectivity index (χ4n) is 2.33. The molecule has 0 aliphatic heterocycles. The lowest BCUT2D eigenvalue weighted by atomic mass is 10.1. The lowest BCUT2D eigenvalue weighted by Crippen LogP contribution is -2.07. The van der Waals surface area contributed by atoms with Crippen LogP contribution in [0.5, 0.6) is 11.5 Å². The maximum absolute atomic E-state index is 12.1. The second-order valence-corrected chi connectivity index (χ2v) is 5.63. The summed E-state index contributed by atoms with van der Waals surface area (Å²) in [7, 11) is 7.16. The molecule has 0 bridgehead atoms. The van der Waals surface area contributed by atoms with Crippen LogP contribution in [0.3, 0.4) is 0 Å². The number of benzene rings is 2. The number of methoxy groups -OCH3 is 2. The fourth-order valence-corrected chi connectivity index (χ4v) is 2.33. The average Bonchev–Trinajstić information content (AvgIpc) is 2.64. The van der Waals surface area contributed by atoms with Gasteiger partial charge in [-0.15, -0.1) is 0 Å². The summed E-state index contributed by atoms with van der Waals surface area (Å²) in [5, 5.41) is 0. The molecule has 0 aliphatic carbocycles. The van der Waals surface area contributed by atoms with Gasteiger partial charge in [-0.2, -0.15) is 0 Å². The quantitative estimate of drug-likeness (QED) is 0.714. The van der Waals surface area contributed by atoms with Crippen molar-refractivity contribution in [2.75, 3.05) is 33.2 Å². The van der Waals surface area contributed by atoms with Crippen LogP contribution in [0.2, 0.25) is 0 Å². The predicted molar refractivity (Wildman–Crippen MR) is 103 cm³/mol. The Hall–Kier alpha value is -3.01. The van der Waals surface area contributed by atoms with Crippen LogP contribution in [0.25, 0.3) is 12.2 Å². The number of ketones is 1. The van der Waals surface area contributed by atoms with E-state index in [0.717, 1.165) is 16.8 Å². The van der Waals surface area contributed by atoms with Crippen LogP contribution in [-0.4, -0.2) is 34.1 Å². The van der Waals surface area contributed by atoms with E-state index in [-0.39, 0.29) is 5.78 Å². The molecule has 0 amide bonds. The van der Waals surface area contributed by atoms with Crippen LogP contribution >= 0.6 is 0 Å². The standard InChI is InChI=1S/C21H23NO3/c1-22(2)17-11-8-16(9-12-17)10-13-18(23)14-15-19-20(24-3)6-5-7-21(19)25-4/h5-15H,1-4H3/b13-10+,15-14+. The highest BCUT2D eigenvalue weighted by molar-refractivity contribution is 6.04. The predicted octanol–water partition coefficient (Wildman–Crippen LogP) is 4.07. The molecule has 2 aromatic rings. The SMILES string of the molecule is COc1cccc(OC)c1/C=C/C(=O)/C=C/c1ccc(N(C)C)cc1. The molecule has 0 fully saturated rings. The van der Waals surface area contributed by atoms with Crippen molar-refractivity contribution < 1.29 is 14.3 Å². The molecule has 0 spiro atoms. The van der Waals surface area contributed by atoms with E-state index >= 15 is 0 Å². The van der Waals surface area contributed by atoms with E-state index in [2.05, 4.69) is 0 Å². The molecule has 2 aromatic carbocycles. The zero-order valence-electron chi connectivity index (χ0n) is 15.0. The minimum atomic E-state index is -0.107. The maximum Gasteiger partial charge on any atom is 0.178 e. The smallest absolute Gasteiger partial charge is 0.178 e. The Kier molecular flexibility index (Phi) is 6.40. The number of rotatable bonds is 7. The van der Waals surface area contributed by atoms with Gasteiger partial charge in [-0.1, -0.05) is 24.3 Å². The summed E-state index contributed by atoms with van der Waals surface area (Å²) in [5.41, 5.74) is 2.83. The van der Waals surface area contributed by atoms with Gasteiger partial charge in [-0.25, -0.2) is 0 Å². The molecular weight excluding hydrogens is 314 g/mol. The minimum Gasteiger partial charge on any atom is -0.496 e. The molecule has 0 saturated carbocycles. The number of nitrogens with zero attached hydrogens (tertiary/aromatic N) is 1. The monoisotopic (exact) mass is 337 g/mol. The molecular formula is C21H23NO3. The number of allylic oxidation sites excluding steroid dienone is 2. The van der Waals surface area contributed by atoms with Crippen LogP contribution < -0.4 is 14.4 Å². The van der Waals surface area contributed by atoms with Gasteiger partial charge in [0.1, 0.15) is 11.5 Å². The number of carbonyl (C=O) groups is 1. The third-order valence-electron chi connectivity index (χ3n) is 3.73. The molecule has 0 heterocycles. The lowest BCUT2D eigenvalue weighted by molar-refractivity contribution is -0.110. The molecule has 0 atom stereocenters. The van der Waals surface area contributed by atoms with Gasteiger partial charge in [-0.05, 0) is 48.1 Å². The summed E-state index contributed by atoms with van der Waals surface area (Å²) in [6, 6.07) is 13.5. The summed E-state index contributed by atoms with van der Waals surface area (Å²) in [5.74, 6) is 1.21. The molecule has 4 heteroatoms. The highest BCUT2D eigenvalue weighted by Gasteiger charge is 2.06. The Morgan fingerprint density at radius 1 is 0.880 bits per heavy atom. The van der Waals surface area contributed by atoms with E-state index in [1.807, 2.05) is 61.5 Å². The van der Waals surface area contributed by atoms with Crippen molar-refractivity contribution in [3.05, 3.63) is 65.7 Å². The third kappa shape index (κ3) is 4.98. The zero-order valence-corrected chi connectivity index (χ0v) is 15.0. The van der Waals surface area contributed by atoms with Crippen molar-refractivity contribution >= 4 is 23.6 Å². The average molecular weight is 337 g/mol. The zero-order chi connectivity index (χ0) is 18.2. The molecule has 4 nitrogen and oxygen atoms in total. The summed E-state index contributed by atoms with van der Waals surface area (Å²) < 4.78 is 10.6. The normalized spacial score (nSPS) is 11.0.